The van der Waals surface area contributed by atoms with E-state index in [0.29, 0.717) is 21.7 Å². The van der Waals surface area contributed by atoms with Crippen molar-refractivity contribution in [2.24, 2.45) is 0 Å². The van der Waals surface area contributed by atoms with Gasteiger partial charge in [-0.25, -0.2) is 9.78 Å². The molecule has 2 aromatic carbocycles. The highest BCUT2D eigenvalue weighted by Crippen LogP contribution is 2.29. The second-order valence-electron chi connectivity index (χ2n) is 5.79. The van der Waals surface area contributed by atoms with Gasteiger partial charge in [0.2, 0.25) is 0 Å². The number of aromatic amines is 1. The molecule has 0 saturated carbocycles. The van der Waals surface area contributed by atoms with Crippen LogP contribution in [0.1, 0.15) is 34.7 Å². The lowest BCUT2D eigenvalue weighted by atomic mass is 10.0. The number of anilines is 1. The number of fused-ring (bicyclic) bond motifs is 1. The highest BCUT2D eigenvalue weighted by Gasteiger charge is 2.14. The SMILES string of the molecule is Cc1nc2cc(Cl)c([C@H](C)Nc3ccc(C(=O)O)cc3)cc2c(=O)[nH]1. The van der Waals surface area contributed by atoms with E-state index in [-0.39, 0.29) is 17.2 Å². The van der Waals surface area contributed by atoms with Gasteiger partial charge in [-0.05, 0) is 55.8 Å². The molecule has 6 nitrogen and oxygen atoms in total. The van der Waals surface area contributed by atoms with Crippen molar-refractivity contribution in [3.05, 3.63) is 68.7 Å². The quantitative estimate of drug-likeness (QED) is 0.660. The fourth-order valence-corrected chi connectivity index (χ4v) is 2.98. The van der Waals surface area contributed by atoms with Gasteiger partial charge < -0.3 is 15.4 Å². The molecule has 128 valence electrons. The lowest BCUT2D eigenvalue weighted by Crippen LogP contribution is -2.12. The van der Waals surface area contributed by atoms with Gasteiger partial charge >= 0.3 is 5.97 Å². The zero-order chi connectivity index (χ0) is 18.1. The summed E-state index contributed by atoms with van der Waals surface area (Å²) in [5, 5.41) is 13.2. The summed E-state index contributed by atoms with van der Waals surface area (Å²) >= 11 is 6.37. The summed E-state index contributed by atoms with van der Waals surface area (Å²) in [6, 6.07) is 9.65. The normalized spacial score (nSPS) is 12.1. The number of carboxylic acid groups (broad SMARTS) is 1. The van der Waals surface area contributed by atoms with Crippen molar-refractivity contribution in [1.82, 2.24) is 9.97 Å². The molecule has 0 aliphatic heterocycles. The van der Waals surface area contributed by atoms with Crippen molar-refractivity contribution in [1.29, 1.82) is 0 Å². The van der Waals surface area contributed by atoms with Crippen molar-refractivity contribution in [2.75, 3.05) is 5.32 Å². The summed E-state index contributed by atoms with van der Waals surface area (Å²) in [7, 11) is 0. The van der Waals surface area contributed by atoms with Crippen molar-refractivity contribution >= 4 is 34.2 Å². The monoisotopic (exact) mass is 357 g/mol. The fourth-order valence-electron chi connectivity index (χ4n) is 2.66. The molecule has 7 heteroatoms. The average Bonchev–Trinajstić information content (AvgIpc) is 2.54. The van der Waals surface area contributed by atoms with Crippen molar-refractivity contribution in [2.45, 2.75) is 19.9 Å². The zero-order valence-electron chi connectivity index (χ0n) is 13.6. The largest absolute Gasteiger partial charge is 0.478 e. The predicted octanol–water partition coefficient (Wildman–Crippen LogP) is 3.76. The number of benzene rings is 2. The van der Waals surface area contributed by atoms with Gasteiger partial charge in [0.25, 0.3) is 5.56 Å². The Morgan fingerprint density at radius 3 is 2.60 bits per heavy atom. The first kappa shape index (κ1) is 17.0. The first-order valence-electron chi connectivity index (χ1n) is 7.65. The van der Waals surface area contributed by atoms with Crippen LogP contribution in [0.2, 0.25) is 5.02 Å². The number of aromatic nitrogens is 2. The molecule has 0 aliphatic carbocycles. The van der Waals surface area contributed by atoms with E-state index in [1.54, 1.807) is 31.2 Å². The molecule has 25 heavy (non-hydrogen) atoms. The Labute approximate surface area is 148 Å². The molecule has 0 bridgehead atoms. The Balaban J connectivity index is 1.93. The number of rotatable bonds is 4. The number of hydrogen-bond acceptors (Lipinski definition) is 4. The summed E-state index contributed by atoms with van der Waals surface area (Å²) in [5.41, 5.74) is 2.07. The molecule has 1 heterocycles. The maximum atomic E-state index is 12.1. The number of nitrogens with zero attached hydrogens (tertiary/aromatic N) is 1. The van der Waals surface area contributed by atoms with Crippen molar-refractivity contribution < 1.29 is 9.90 Å². The van der Waals surface area contributed by atoms with E-state index in [2.05, 4.69) is 15.3 Å². The van der Waals surface area contributed by atoms with Crippen LogP contribution < -0.4 is 10.9 Å². The van der Waals surface area contributed by atoms with E-state index in [0.717, 1.165) is 11.3 Å². The van der Waals surface area contributed by atoms with Crippen molar-refractivity contribution in [3.8, 4) is 0 Å². The van der Waals surface area contributed by atoms with E-state index in [9.17, 15) is 9.59 Å². The average molecular weight is 358 g/mol. The van der Waals surface area contributed by atoms with Gasteiger partial charge in [-0.2, -0.15) is 0 Å². The third kappa shape index (κ3) is 3.49. The second kappa shape index (κ2) is 6.57. The number of H-pyrrole nitrogens is 1. The minimum absolute atomic E-state index is 0.187. The van der Waals surface area contributed by atoms with Gasteiger partial charge in [0.05, 0.1) is 22.5 Å². The first-order chi connectivity index (χ1) is 11.8. The van der Waals surface area contributed by atoms with Gasteiger partial charge in [-0.3, -0.25) is 4.79 Å². The van der Waals surface area contributed by atoms with Crippen LogP contribution in [0.5, 0.6) is 0 Å². The molecule has 0 unspecified atom stereocenters. The summed E-state index contributed by atoms with van der Waals surface area (Å²) in [4.78, 5) is 30.0. The Hall–Kier alpha value is -2.86. The minimum atomic E-state index is -0.973. The number of halogens is 1. The molecule has 0 amide bonds. The lowest BCUT2D eigenvalue weighted by molar-refractivity contribution is 0.0697. The van der Waals surface area contributed by atoms with Crippen LogP contribution >= 0.6 is 11.6 Å². The summed E-state index contributed by atoms with van der Waals surface area (Å²) in [6.45, 7) is 3.63. The number of aromatic carboxylic acids is 1. The molecule has 0 aliphatic rings. The lowest BCUT2D eigenvalue weighted by Gasteiger charge is -2.18. The summed E-state index contributed by atoms with van der Waals surface area (Å²) in [5.74, 6) is -0.440. The molecule has 0 spiro atoms. The van der Waals surface area contributed by atoms with Gasteiger partial charge in [-0.1, -0.05) is 11.6 Å². The molecular weight excluding hydrogens is 342 g/mol. The summed E-state index contributed by atoms with van der Waals surface area (Å²) < 4.78 is 0. The molecule has 0 radical (unpaired) electrons. The Morgan fingerprint density at radius 1 is 1.28 bits per heavy atom. The number of nitrogens with one attached hydrogen (secondary N) is 2. The molecule has 3 N–H and O–H groups in total. The predicted molar refractivity (Wildman–Crippen MR) is 97.5 cm³/mol. The number of carboxylic acids is 1. The topological polar surface area (TPSA) is 95.1 Å². The molecule has 1 aromatic heterocycles. The van der Waals surface area contributed by atoms with Crippen LogP contribution in [0.15, 0.2) is 41.2 Å². The smallest absolute Gasteiger partial charge is 0.335 e. The first-order valence-corrected chi connectivity index (χ1v) is 8.03. The van der Waals surface area contributed by atoms with E-state index >= 15 is 0 Å². The maximum Gasteiger partial charge on any atom is 0.335 e. The van der Waals surface area contributed by atoms with Gasteiger partial charge in [0.15, 0.2) is 0 Å². The second-order valence-corrected chi connectivity index (χ2v) is 6.20. The summed E-state index contributed by atoms with van der Waals surface area (Å²) in [6.07, 6.45) is 0. The van der Waals surface area contributed by atoms with Gasteiger partial charge in [-0.15, -0.1) is 0 Å². The van der Waals surface area contributed by atoms with Crippen LogP contribution in [0, 0.1) is 6.92 Å². The van der Waals surface area contributed by atoms with E-state index in [1.807, 2.05) is 6.92 Å². The molecule has 3 aromatic rings. The maximum absolute atomic E-state index is 12.1. The Morgan fingerprint density at radius 2 is 1.96 bits per heavy atom. The van der Waals surface area contributed by atoms with E-state index in [1.165, 1.54) is 12.1 Å². The molecule has 3 rings (SSSR count). The standard InChI is InChI=1S/C18H16ClN3O3/c1-9(20-12-5-3-11(4-6-12)18(24)25)13-7-14-16(8-15(13)19)21-10(2)22-17(14)23/h3-9,20H,1-2H3,(H,24,25)(H,21,22,23)/t9-/m0/s1. The fraction of sp³-hybridized carbons (Fsp3) is 0.167. The van der Waals surface area contributed by atoms with Gasteiger partial charge in [0, 0.05) is 10.7 Å². The number of aryl methyl sites for hydroxylation is 1. The molecule has 0 saturated heterocycles. The zero-order valence-corrected chi connectivity index (χ0v) is 14.4. The number of hydrogen-bond donors (Lipinski definition) is 3. The van der Waals surface area contributed by atoms with Crippen LogP contribution in [0.4, 0.5) is 5.69 Å². The van der Waals surface area contributed by atoms with Crippen molar-refractivity contribution in [3.63, 3.8) is 0 Å². The van der Waals surface area contributed by atoms with Crippen LogP contribution in [-0.2, 0) is 0 Å². The third-order valence-electron chi connectivity index (χ3n) is 3.92. The highest BCUT2D eigenvalue weighted by atomic mass is 35.5. The Bertz CT molecular complexity index is 1010. The van der Waals surface area contributed by atoms with E-state index in [4.69, 9.17) is 16.7 Å². The minimum Gasteiger partial charge on any atom is -0.478 e. The third-order valence-corrected chi connectivity index (χ3v) is 4.25. The van der Waals surface area contributed by atoms with Crippen LogP contribution in [-0.4, -0.2) is 21.0 Å². The molecule has 0 fully saturated rings. The molecular formula is C18H16ClN3O3. The highest BCUT2D eigenvalue weighted by molar-refractivity contribution is 6.32. The molecule has 1 atom stereocenters. The number of carbonyl (C=O) groups is 1. The van der Waals surface area contributed by atoms with Crippen LogP contribution in [0.25, 0.3) is 10.9 Å². The van der Waals surface area contributed by atoms with Gasteiger partial charge in [0.1, 0.15) is 5.82 Å². The van der Waals surface area contributed by atoms with Crippen LogP contribution in [0.3, 0.4) is 0 Å². The Kier molecular flexibility index (Phi) is 4.46. The van der Waals surface area contributed by atoms with E-state index < -0.39 is 5.97 Å².